The Hall–Kier alpha value is -3.31. The second-order valence-electron chi connectivity index (χ2n) is 14.1. The lowest BCUT2D eigenvalue weighted by Gasteiger charge is -2.58. The number of benzene rings is 2. The SMILES string of the molecule is C=CCOC12Oc3ccc(Oc4ccc(OC)c(C=O)c4)cc3C3C(CCCCO)C(CCCCO)C=C(C(=NOC)CC1SC1CCCC1)C32. The first-order chi connectivity index (χ1) is 25.0. The molecule has 1 heterocycles. The van der Waals surface area contributed by atoms with E-state index in [-0.39, 0.29) is 42.1 Å². The molecule has 6 unspecified atom stereocenters. The Kier molecular flexibility index (Phi) is 12.8. The molecule has 0 spiro atoms. The average Bonchev–Trinajstić information content (AvgIpc) is 3.66. The molecule has 9 nitrogen and oxygen atoms in total. The lowest BCUT2D eigenvalue weighted by atomic mass is 9.56. The number of oxime groups is 1. The number of hydrogen-bond donors (Lipinski definition) is 2. The molecule has 3 aliphatic carbocycles. The van der Waals surface area contributed by atoms with E-state index in [1.54, 1.807) is 31.4 Å². The number of carbonyl (C=O) groups excluding carboxylic acids is 1. The van der Waals surface area contributed by atoms with E-state index in [2.05, 4.69) is 23.9 Å². The minimum atomic E-state index is -0.972. The highest BCUT2D eigenvalue weighted by atomic mass is 32.2. The highest BCUT2D eigenvalue weighted by molar-refractivity contribution is 8.00. The fourth-order valence-electron chi connectivity index (χ4n) is 8.88. The number of nitrogens with zero attached hydrogens (tertiary/aromatic N) is 1. The molecule has 0 amide bonds. The van der Waals surface area contributed by atoms with Gasteiger partial charge in [0.15, 0.2) is 6.29 Å². The summed E-state index contributed by atoms with van der Waals surface area (Å²) in [7, 11) is 3.15. The van der Waals surface area contributed by atoms with Crippen LogP contribution in [0.15, 0.2) is 65.9 Å². The molecule has 2 aromatic carbocycles. The van der Waals surface area contributed by atoms with Crippen molar-refractivity contribution in [3.63, 3.8) is 0 Å². The van der Waals surface area contributed by atoms with E-state index in [0.29, 0.717) is 41.1 Å². The summed E-state index contributed by atoms with van der Waals surface area (Å²) in [5.41, 5.74) is 3.52. The molecule has 2 fully saturated rings. The summed E-state index contributed by atoms with van der Waals surface area (Å²) in [5.74, 6) is 1.67. The standard InChI is InChI=1S/C41H53NO8S/c1-4-21-48-41-38(51-31-12-5-6-13-31)25-35(42-47-3)33-23-27(11-7-9-19-43)32(14-8-10-20-44)39(40(33)41)34-24-30(16-18-37(34)50-41)49-29-15-17-36(46-2)28(22-29)26-45/h4,15-18,22-24,26-27,31-32,38-40,43-44H,1,5-14,19-21,25H2,2-3H3. The Balaban J connectivity index is 1.51. The Labute approximate surface area is 306 Å². The van der Waals surface area contributed by atoms with Crippen LogP contribution in [-0.4, -0.2) is 72.5 Å². The van der Waals surface area contributed by atoms with Gasteiger partial charge in [-0.15, -0.1) is 18.3 Å². The summed E-state index contributed by atoms with van der Waals surface area (Å²) in [6.07, 6.45) is 15.6. The van der Waals surface area contributed by atoms with E-state index in [4.69, 9.17) is 23.8 Å². The second kappa shape index (κ2) is 17.5. The van der Waals surface area contributed by atoms with Crippen molar-refractivity contribution in [3.8, 4) is 23.0 Å². The number of unbranched alkanes of at least 4 members (excludes halogenated alkanes) is 2. The molecule has 2 aromatic rings. The molecule has 0 aromatic heterocycles. The average molecular weight is 720 g/mol. The first-order valence-corrected chi connectivity index (χ1v) is 19.5. The molecule has 0 saturated heterocycles. The number of hydrogen-bond acceptors (Lipinski definition) is 10. The third-order valence-corrected chi connectivity index (χ3v) is 12.7. The molecule has 6 rings (SSSR count). The maximum Gasteiger partial charge on any atom is 0.230 e. The van der Waals surface area contributed by atoms with Crippen molar-refractivity contribution in [1.82, 2.24) is 0 Å². The number of thioether (sulfide) groups is 1. The smallest absolute Gasteiger partial charge is 0.230 e. The van der Waals surface area contributed by atoms with E-state index in [0.717, 1.165) is 67.4 Å². The largest absolute Gasteiger partial charge is 0.496 e. The van der Waals surface area contributed by atoms with E-state index >= 15 is 0 Å². The zero-order valence-electron chi connectivity index (χ0n) is 30.0. The Morgan fingerprint density at radius 3 is 2.47 bits per heavy atom. The van der Waals surface area contributed by atoms with E-state index in [1.165, 1.54) is 32.8 Å². The predicted octanol–water partition coefficient (Wildman–Crippen LogP) is 8.24. The van der Waals surface area contributed by atoms with Crippen molar-refractivity contribution in [2.45, 2.75) is 92.8 Å². The van der Waals surface area contributed by atoms with Crippen molar-refractivity contribution in [1.29, 1.82) is 0 Å². The molecule has 276 valence electrons. The summed E-state index contributed by atoms with van der Waals surface area (Å²) < 4.78 is 26.0. The van der Waals surface area contributed by atoms with E-state index < -0.39 is 5.79 Å². The van der Waals surface area contributed by atoms with Crippen molar-refractivity contribution in [2.24, 2.45) is 22.9 Å². The molecule has 1 aliphatic heterocycles. The van der Waals surface area contributed by atoms with Crippen LogP contribution in [0.5, 0.6) is 23.0 Å². The van der Waals surface area contributed by atoms with Crippen LogP contribution in [0.3, 0.4) is 0 Å². The van der Waals surface area contributed by atoms with Gasteiger partial charge < -0.3 is 34.0 Å². The summed E-state index contributed by atoms with van der Waals surface area (Å²) in [6, 6.07) is 11.2. The monoisotopic (exact) mass is 719 g/mol. The van der Waals surface area contributed by atoms with Gasteiger partial charge in [0, 0.05) is 36.4 Å². The summed E-state index contributed by atoms with van der Waals surface area (Å²) in [4.78, 5) is 17.3. The number of fused-ring (bicyclic) bond motifs is 2. The van der Waals surface area contributed by atoms with Gasteiger partial charge in [-0.05, 0) is 92.3 Å². The lowest BCUT2D eigenvalue weighted by molar-refractivity contribution is -0.223. The van der Waals surface area contributed by atoms with Crippen LogP contribution in [-0.2, 0) is 9.57 Å². The van der Waals surface area contributed by atoms with Crippen LogP contribution in [0.4, 0.5) is 0 Å². The molecule has 51 heavy (non-hydrogen) atoms. The first-order valence-electron chi connectivity index (χ1n) is 18.6. The van der Waals surface area contributed by atoms with Crippen molar-refractivity contribution in [2.75, 3.05) is 34.0 Å². The van der Waals surface area contributed by atoms with Gasteiger partial charge in [0.1, 0.15) is 30.1 Å². The maximum absolute atomic E-state index is 11.8. The molecule has 0 bridgehead atoms. The molecule has 10 heteroatoms. The highest BCUT2D eigenvalue weighted by Gasteiger charge is 2.64. The Bertz CT molecular complexity index is 1570. The molecule has 6 atom stereocenters. The summed E-state index contributed by atoms with van der Waals surface area (Å²) in [6.45, 7) is 4.68. The van der Waals surface area contributed by atoms with Crippen LogP contribution in [0.25, 0.3) is 0 Å². The summed E-state index contributed by atoms with van der Waals surface area (Å²) >= 11 is 1.99. The van der Waals surface area contributed by atoms with E-state index in [1.807, 2.05) is 23.9 Å². The first kappa shape index (κ1) is 37.4. The highest BCUT2D eigenvalue weighted by Crippen LogP contribution is 2.63. The fourth-order valence-corrected chi connectivity index (χ4v) is 10.7. The number of aliphatic hydroxyl groups excluding tert-OH is 2. The molecular weight excluding hydrogens is 667 g/mol. The minimum Gasteiger partial charge on any atom is -0.496 e. The topological polar surface area (TPSA) is 116 Å². The number of ether oxygens (including phenoxy) is 4. The number of aliphatic hydroxyl groups is 2. The van der Waals surface area contributed by atoms with Gasteiger partial charge >= 0.3 is 0 Å². The van der Waals surface area contributed by atoms with Gasteiger partial charge in [-0.25, -0.2) is 0 Å². The number of aldehydes is 1. The number of rotatable bonds is 18. The molecule has 2 saturated carbocycles. The van der Waals surface area contributed by atoms with Crippen molar-refractivity contribution < 1.29 is 38.8 Å². The Morgan fingerprint density at radius 2 is 1.76 bits per heavy atom. The zero-order chi connectivity index (χ0) is 35.8. The van der Waals surface area contributed by atoms with Gasteiger partial charge in [0.05, 0.1) is 36.2 Å². The molecule has 0 radical (unpaired) electrons. The lowest BCUT2D eigenvalue weighted by Crippen LogP contribution is -2.64. The zero-order valence-corrected chi connectivity index (χ0v) is 30.8. The van der Waals surface area contributed by atoms with Gasteiger partial charge in [-0.2, -0.15) is 0 Å². The third kappa shape index (κ3) is 7.89. The summed E-state index contributed by atoms with van der Waals surface area (Å²) in [5, 5.41) is 24.7. The predicted molar refractivity (Wildman–Crippen MR) is 200 cm³/mol. The van der Waals surface area contributed by atoms with Crippen LogP contribution in [0.2, 0.25) is 0 Å². The quantitative estimate of drug-likeness (QED) is 0.0680. The van der Waals surface area contributed by atoms with Crippen LogP contribution < -0.4 is 14.2 Å². The second-order valence-corrected chi connectivity index (χ2v) is 15.6. The van der Waals surface area contributed by atoms with Crippen LogP contribution in [0, 0.1) is 17.8 Å². The van der Waals surface area contributed by atoms with Crippen LogP contribution >= 0.6 is 11.8 Å². The normalized spacial score (nSPS) is 27.6. The van der Waals surface area contributed by atoms with Crippen molar-refractivity contribution >= 4 is 23.8 Å². The van der Waals surface area contributed by atoms with Gasteiger partial charge in [0.25, 0.3) is 0 Å². The maximum atomic E-state index is 11.8. The van der Waals surface area contributed by atoms with E-state index in [9.17, 15) is 15.0 Å². The van der Waals surface area contributed by atoms with Crippen LogP contribution in [0.1, 0.15) is 92.5 Å². The Morgan fingerprint density at radius 1 is 1.02 bits per heavy atom. The number of allylic oxidation sites excluding steroid dienone is 1. The fraction of sp³-hybridized carbons (Fsp3) is 0.561. The minimum absolute atomic E-state index is 0.0182. The number of carbonyl (C=O) groups is 1. The number of methoxy groups -OCH3 is 1. The molecule has 4 aliphatic rings. The van der Waals surface area contributed by atoms with Gasteiger partial charge in [0.2, 0.25) is 5.79 Å². The van der Waals surface area contributed by atoms with Gasteiger partial charge in [-0.3, -0.25) is 4.79 Å². The molecule has 2 N–H and O–H groups in total. The molecular formula is C41H53NO8S. The van der Waals surface area contributed by atoms with Crippen molar-refractivity contribution in [3.05, 3.63) is 71.8 Å². The third-order valence-electron chi connectivity index (χ3n) is 11.0. The van der Waals surface area contributed by atoms with Gasteiger partial charge in [-0.1, -0.05) is 43.0 Å².